The lowest BCUT2D eigenvalue weighted by molar-refractivity contribution is 0.255. The average Bonchev–Trinajstić information content (AvgIpc) is 2.57. The fourth-order valence-electron chi connectivity index (χ4n) is 3.69. The van der Waals surface area contributed by atoms with E-state index in [-0.39, 0.29) is 5.38 Å². The first-order valence-corrected chi connectivity index (χ1v) is 10.0. The average molecular weight is 337 g/mol. The lowest BCUT2D eigenvalue weighted by Gasteiger charge is -2.31. The molecule has 0 aliphatic heterocycles. The number of hydrogen-bond acceptors (Lipinski definition) is 1. The third-order valence-electron chi connectivity index (χ3n) is 5.22. The van der Waals surface area contributed by atoms with Gasteiger partial charge in [-0.1, -0.05) is 58.1 Å². The van der Waals surface area contributed by atoms with Crippen molar-refractivity contribution in [3.63, 3.8) is 0 Å². The second-order valence-corrected chi connectivity index (χ2v) is 7.70. The van der Waals surface area contributed by atoms with Crippen molar-refractivity contribution >= 4 is 11.6 Å². The summed E-state index contributed by atoms with van der Waals surface area (Å²) in [5.41, 5.74) is 1.34. The van der Waals surface area contributed by atoms with Gasteiger partial charge in [-0.25, -0.2) is 0 Å². The third-order valence-corrected chi connectivity index (χ3v) is 5.73. The summed E-state index contributed by atoms with van der Waals surface area (Å²) in [4.78, 5) is 0. The van der Waals surface area contributed by atoms with Crippen molar-refractivity contribution in [2.45, 2.75) is 77.0 Å². The maximum Gasteiger partial charge on any atom is 0.119 e. The summed E-state index contributed by atoms with van der Waals surface area (Å²) in [7, 11) is 0. The molecule has 1 saturated carbocycles. The van der Waals surface area contributed by atoms with Crippen molar-refractivity contribution in [3.8, 4) is 5.75 Å². The van der Waals surface area contributed by atoms with Crippen LogP contribution in [-0.4, -0.2) is 12.0 Å². The van der Waals surface area contributed by atoms with E-state index in [4.69, 9.17) is 16.3 Å². The Labute approximate surface area is 147 Å². The molecule has 1 aliphatic carbocycles. The van der Waals surface area contributed by atoms with Gasteiger partial charge in [0.15, 0.2) is 0 Å². The van der Waals surface area contributed by atoms with E-state index in [9.17, 15) is 0 Å². The molecule has 1 aromatic carbocycles. The second-order valence-electron chi connectivity index (χ2n) is 7.14. The van der Waals surface area contributed by atoms with Crippen molar-refractivity contribution < 1.29 is 4.74 Å². The summed E-state index contributed by atoms with van der Waals surface area (Å²) in [6.07, 6.45) is 11.4. The monoisotopic (exact) mass is 336 g/mol. The van der Waals surface area contributed by atoms with E-state index in [0.717, 1.165) is 31.1 Å². The van der Waals surface area contributed by atoms with E-state index in [1.165, 1.54) is 50.5 Å². The molecule has 2 rings (SSSR count). The molecule has 0 amide bonds. The number of halogens is 1. The van der Waals surface area contributed by atoms with Gasteiger partial charge in [0, 0.05) is 5.38 Å². The summed E-state index contributed by atoms with van der Waals surface area (Å²) >= 11 is 6.73. The molecule has 0 bridgehead atoms. The first kappa shape index (κ1) is 18.6. The summed E-state index contributed by atoms with van der Waals surface area (Å²) < 4.78 is 5.72. The Morgan fingerprint density at radius 3 is 2.35 bits per heavy atom. The van der Waals surface area contributed by atoms with Crippen LogP contribution in [0.2, 0.25) is 0 Å². The van der Waals surface area contributed by atoms with Crippen LogP contribution in [0, 0.1) is 11.8 Å². The number of benzene rings is 1. The molecule has 0 heterocycles. The largest absolute Gasteiger partial charge is 0.494 e. The maximum absolute atomic E-state index is 6.73. The molecule has 0 spiro atoms. The molecule has 1 aliphatic rings. The molecular weight excluding hydrogens is 304 g/mol. The van der Waals surface area contributed by atoms with Crippen LogP contribution in [0.5, 0.6) is 5.75 Å². The van der Waals surface area contributed by atoms with E-state index in [2.05, 4.69) is 38.1 Å². The highest BCUT2D eigenvalue weighted by Gasteiger charge is 2.26. The summed E-state index contributed by atoms with van der Waals surface area (Å²) in [6.45, 7) is 5.30. The zero-order chi connectivity index (χ0) is 16.5. The van der Waals surface area contributed by atoms with Crippen LogP contribution in [0.3, 0.4) is 0 Å². The minimum Gasteiger partial charge on any atom is -0.494 e. The van der Waals surface area contributed by atoms with Crippen LogP contribution in [0.25, 0.3) is 0 Å². The quantitative estimate of drug-likeness (QED) is 0.363. The predicted molar refractivity (Wildman–Crippen MR) is 101 cm³/mol. The molecule has 1 unspecified atom stereocenters. The van der Waals surface area contributed by atoms with Crippen LogP contribution >= 0.6 is 11.6 Å². The molecule has 1 aromatic rings. The number of rotatable bonds is 9. The fourth-order valence-corrected chi connectivity index (χ4v) is 4.12. The van der Waals surface area contributed by atoms with Crippen molar-refractivity contribution in [3.05, 3.63) is 29.8 Å². The molecule has 0 radical (unpaired) electrons. The lowest BCUT2D eigenvalue weighted by Crippen LogP contribution is -2.23. The highest BCUT2D eigenvalue weighted by atomic mass is 35.5. The van der Waals surface area contributed by atoms with Gasteiger partial charge in [-0.15, -0.1) is 11.6 Å². The van der Waals surface area contributed by atoms with Crippen LogP contribution in [0.15, 0.2) is 24.3 Å². The Kier molecular flexibility index (Phi) is 8.30. The first-order valence-electron chi connectivity index (χ1n) is 9.58. The Morgan fingerprint density at radius 1 is 1.04 bits per heavy atom. The first-order chi connectivity index (χ1) is 11.2. The summed E-state index contributed by atoms with van der Waals surface area (Å²) in [5, 5.41) is 0.282. The lowest BCUT2D eigenvalue weighted by atomic mass is 9.78. The van der Waals surface area contributed by atoms with Gasteiger partial charge >= 0.3 is 0 Å². The standard InChI is InChI=1S/C21H33ClO/c1-3-5-15-23-20-13-9-18(10-14-20)16-21(22)19-11-7-17(6-4-2)8-12-19/h9-10,13-14,17,19,21H,3-8,11-12,15-16H2,1-2H3/t17-,19-,21?. The molecule has 23 heavy (non-hydrogen) atoms. The van der Waals surface area contributed by atoms with Crippen LogP contribution in [0.4, 0.5) is 0 Å². The zero-order valence-corrected chi connectivity index (χ0v) is 15.7. The molecule has 2 heteroatoms. The number of hydrogen-bond donors (Lipinski definition) is 0. The number of ether oxygens (including phenoxy) is 1. The number of unbranched alkanes of at least 4 members (excludes halogenated alkanes) is 1. The second kappa shape index (κ2) is 10.2. The molecule has 1 fully saturated rings. The van der Waals surface area contributed by atoms with Gasteiger partial charge in [0.05, 0.1) is 6.61 Å². The Balaban J connectivity index is 1.75. The topological polar surface area (TPSA) is 9.23 Å². The van der Waals surface area contributed by atoms with Gasteiger partial charge in [-0.2, -0.15) is 0 Å². The minimum absolute atomic E-state index is 0.282. The maximum atomic E-state index is 6.73. The van der Waals surface area contributed by atoms with Crippen LogP contribution in [0.1, 0.15) is 70.8 Å². The molecule has 1 nitrogen and oxygen atoms in total. The van der Waals surface area contributed by atoms with Crippen LogP contribution < -0.4 is 4.74 Å². The summed E-state index contributed by atoms with van der Waals surface area (Å²) in [6, 6.07) is 8.54. The normalized spacial score (nSPS) is 22.7. The smallest absolute Gasteiger partial charge is 0.119 e. The Bertz CT molecular complexity index is 420. The SMILES string of the molecule is CCCCOc1ccc(CC(Cl)[C@H]2CC[C@H](CCC)CC2)cc1. The van der Waals surface area contributed by atoms with Crippen LogP contribution in [-0.2, 0) is 6.42 Å². The molecule has 0 aromatic heterocycles. The third kappa shape index (κ3) is 6.37. The molecule has 1 atom stereocenters. The van der Waals surface area contributed by atoms with Gasteiger partial charge < -0.3 is 4.74 Å². The van der Waals surface area contributed by atoms with E-state index in [0.29, 0.717) is 5.92 Å². The Hall–Kier alpha value is -0.690. The van der Waals surface area contributed by atoms with Gasteiger partial charge in [0.1, 0.15) is 5.75 Å². The summed E-state index contributed by atoms with van der Waals surface area (Å²) in [5.74, 6) is 2.64. The minimum atomic E-state index is 0.282. The highest BCUT2D eigenvalue weighted by molar-refractivity contribution is 6.20. The van der Waals surface area contributed by atoms with E-state index >= 15 is 0 Å². The molecular formula is C21H33ClO. The van der Waals surface area contributed by atoms with Gasteiger partial charge in [0.25, 0.3) is 0 Å². The van der Waals surface area contributed by atoms with Crippen molar-refractivity contribution in [2.24, 2.45) is 11.8 Å². The van der Waals surface area contributed by atoms with Gasteiger partial charge in [-0.05, 0) is 55.2 Å². The molecule has 0 N–H and O–H groups in total. The number of alkyl halides is 1. The van der Waals surface area contributed by atoms with Gasteiger partial charge in [-0.3, -0.25) is 0 Å². The Morgan fingerprint density at radius 2 is 1.74 bits per heavy atom. The zero-order valence-electron chi connectivity index (χ0n) is 14.9. The molecule has 0 saturated heterocycles. The highest BCUT2D eigenvalue weighted by Crippen LogP contribution is 2.36. The van der Waals surface area contributed by atoms with Gasteiger partial charge in [0.2, 0.25) is 0 Å². The fraction of sp³-hybridized carbons (Fsp3) is 0.714. The van der Waals surface area contributed by atoms with Crippen molar-refractivity contribution in [2.75, 3.05) is 6.61 Å². The predicted octanol–water partition coefficient (Wildman–Crippen LogP) is 6.62. The van der Waals surface area contributed by atoms with E-state index < -0.39 is 0 Å². The van der Waals surface area contributed by atoms with Crippen molar-refractivity contribution in [1.29, 1.82) is 0 Å². The van der Waals surface area contributed by atoms with E-state index in [1.54, 1.807) is 0 Å². The van der Waals surface area contributed by atoms with Crippen molar-refractivity contribution in [1.82, 2.24) is 0 Å². The van der Waals surface area contributed by atoms with E-state index in [1.807, 2.05) is 0 Å². The molecule has 130 valence electrons.